The van der Waals surface area contributed by atoms with E-state index < -0.39 is 34.4 Å². The number of carbonyl (C=O) groups excluding carboxylic acids is 2. The van der Waals surface area contributed by atoms with Gasteiger partial charge in [-0.25, -0.2) is 13.4 Å². The molecule has 3 rings (SSSR count). The number of benzene rings is 1. The maximum Gasteiger partial charge on any atom is 0.326 e. The molecular weight excluding hydrogens is 362 g/mol. The summed E-state index contributed by atoms with van der Waals surface area (Å²) in [5, 5.41) is 2.89. The van der Waals surface area contributed by atoms with Gasteiger partial charge in [-0.15, -0.1) is 0 Å². The first kappa shape index (κ1) is 18.1. The van der Waals surface area contributed by atoms with Gasteiger partial charge in [0.1, 0.15) is 6.54 Å². The molecule has 9 nitrogen and oxygen atoms in total. The smallest absolute Gasteiger partial charge is 0.326 e. The van der Waals surface area contributed by atoms with E-state index in [4.69, 9.17) is 4.74 Å². The third-order valence-corrected chi connectivity index (χ3v) is 5.76. The summed E-state index contributed by atoms with van der Waals surface area (Å²) in [6.07, 6.45) is 1.59. The third-order valence-electron chi connectivity index (χ3n) is 3.99. The van der Waals surface area contributed by atoms with Crippen LogP contribution in [-0.2, 0) is 30.7 Å². The Balaban J connectivity index is 1.54. The van der Waals surface area contributed by atoms with E-state index in [0.717, 1.165) is 4.57 Å². The fourth-order valence-electron chi connectivity index (χ4n) is 2.73. The van der Waals surface area contributed by atoms with Gasteiger partial charge in [0, 0.05) is 6.04 Å². The first-order valence-electron chi connectivity index (χ1n) is 7.94. The number of aromatic nitrogens is 2. The number of amides is 1. The Hall–Kier alpha value is -2.75. The molecule has 1 aliphatic rings. The van der Waals surface area contributed by atoms with Crippen LogP contribution in [0.3, 0.4) is 0 Å². The summed E-state index contributed by atoms with van der Waals surface area (Å²) in [5.41, 5.74) is 0.140. The summed E-state index contributed by atoms with van der Waals surface area (Å²) < 4.78 is 28.6. The number of rotatable bonds is 5. The monoisotopic (exact) mass is 379 g/mol. The molecule has 0 bridgehead atoms. The number of hydrogen-bond acceptors (Lipinski definition) is 7. The topological polar surface area (TPSA) is 124 Å². The van der Waals surface area contributed by atoms with Gasteiger partial charge < -0.3 is 10.1 Å². The van der Waals surface area contributed by atoms with Crippen LogP contribution in [0.1, 0.15) is 6.42 Å². The predicted molar refractivity (Wildman–Crippen MR) is 92.2 cm³/mol. The lowest BCUT2D eigenvalue weighted by Crippen LogP contribution is -2.38. The highest BCUT2D eigenvalue weighted by atomic mass is 32.2. The minimum atomic E-state index is -3.10. The van der Waals surface area contributed by atoms with Crippen LogP contribution >= 0.6 is 0 Å². The number of ether oxygens (including phenoxy) is 1. The molecule has 26 heavy (non-hydrogen) atoms. The summed E-state index contributed by atoms with van der Waals surface area (Å²) in [6.45, 7) is -0.910. The molecule has 1 aromatic carbocycles. The molecule has 1 amide bonds. The second-order valence-electron chi connectivity index (χ2n) is 6.02. The molecule has 0 radical (unpaired) electrons. The number of fused-ring (bicyclic) bond motifs is 1. The maximum atomic E-state index is 12.3. The summed E-state index contributed by atoms with van der Waals surface area (Å²) in [5.74, 6) is -1.41. The van der Waals surface area contributed by atoms with Crippen LogP contribution in [0.4, 0.5) is 0 Å². The third kappa shape index (κ3) is 4.26. The van der Waals surface area contributed by atoms with Gasteiger partial charge in [-0.2, -0.15) is 0 Å². The molecule has 1 N–H and O–H groups in total. The number of carbonyl (C=O) groups is 2. The summed E-state index contributed by atoms with van der Waals surface area (Å²) in [6, 6.07) is 6.28. The van der Waals surface area contributed by atoms with Crippen molar-refractivity contribution in [1.29, 1.82) is 0 Å². The van der Waals surface area contributed by atoms with Gasteiger partial charge in [0.25, 0.3) is 11.5 Å². The van der Waals surface area contributed by atoms with Crippen LogP contribution in [0.25, 0.3) is 10.9 Å². The number of nitrogens with zero attached hydrogens (tertiary/aromatic N) is 2. The molecule has 0 aliphatic carbocycles. The van der Waals surface area contributed by atoms with Crippen LogP contribution in [-0.4, -0.2) is 54.0 Å². The van der Waals surface area contributed by atoms with E-state index in [2.05, 4.69) is 10.3 Å². The molecule has 1 saturated heterocycles. The van der Waals surface area contributed by atoms with Crippen LogP contribution in [0.15, 0.2) is 35.4 Å². The molecule has 2 aromatic rings. The Bertz CT molecular complexity index is 1010. The molecule has 10 heteroatoms. The fourth-order valence-corrected chi connectivity index (χ4v) is 4.40. The minimum absolute atomic E-state index is 0.0373. The molecular formula is C16H17N3O6S. The molecule has 0 saturated carbocycles. The Morgan fingerprint density at radius 3 is 2.81 bits per heavy atom. The van der Waals surface area contributed by atoms with Crippen molar-refractivity contribution in [3.63, 3.8) is 0 Å². The van der Waals surface area contributed by atoms with Gasteiger partial charge in [-0.1, -0.05) is 12.1 Å². The van der Waals surface area contributed by atoms with Crippen molar-refractivity contribution in [3.05, 3.63) is 40.9 Å². The van der Waals surface area contributed by atoms with Crippen LogP contribution in [0.5, 0.6) is 0 Å². The Morgan fingerprint density at radius 1 is 1.31 bits per heavy atom. The highest BCUT2D eigenvalue weighted by Gasteiger charge is 2.29. The fraction of sp³-hybridized carbons (Fsp3) is 0.375. The molecule has 1 aliphatic heterocycles. The SMILES string of the molecule is O=C(COC(=O)Cn1cnc2ccccc2c1=O)N[C@@H]1CCS(=O)(=O)C1. The quantitative estimate of drug-likeness (QED) is 0.677. The summed E-state index contributed by atoms with van der Waals surface area (Å²) in [4.78, 5) is 40.0. The number of nitrogens with one attached hydrogen (secondary N) is 1. The van der Waals surface area contributed by atoms with E-state index in [0.29, 0.717) is 17.3 Å². The summed E-state index contributed by atoms with van der Waals surface area (Å²) >= 11 is 0. The van der Waals surface area contributed by atoms with Crippen molar-refractivity contribution in [3.8, 4) is 0 Å². The maximum absolute atomic E-state index is 12.3. The lowest BCUT2D eigenvalue weighted by atomic mass is 10.2. The van der Waals surface area contributed by atoms with Crippen LogP contribution in [0, 0.1) is 0 Å². The lowest BCUT2D eigenvalue weighted by Gasteiger charge is -2.11. The average Bonchev–Trinajstić information content (AvgIpc) is 2.94. The molecule has 1 fully saturated rings. The predicted octanol–water partition coefficient (Wildman–Crippen LogP) is -0.757. The standard InChI is InChI=1S/C16H17N3O6S/c20-14(18-11-5-6-26(23,24)9-11)8-25-15(21)7-19-10-17-13-4-2-1-3-12(13)16(19)22/h1-4,10-11H,5-9H2,(H,18,20)/t11-/m1/s1. The normalized spacial score (nSPS) is 18.5. The van der Waals surface area contributed by atoms with Gasteiger partial charge in [-0.3, -0.25) is 19.0 Å². The second kappa shape index (κ2) is 7.24. The van der Waals surface area contributed by atoms with E-state index in [1.165, 1.54) is 6.33 Å². The minimum Gasteiger partial charge on any atom is -0.454 e. The number of sulfone groups is 1. The van der Waals surface area contributed by atoms with E-state index in [-0.39, 0.29) is 23.6 Å². The zero-order valence-electron chi connectivity index (χ0n) is 13.8. The Morgan fingerprint density at radius 2 is 2.08 bits per heavy atom. The van der Waals surface area contributed by atoms with Gasteiger partial charge in [0.15, 0.2) is 16.4 Å². The molecule has 138 valence electrons. The van der Waals surface area contributed by atoms with Gasteiger partial charge in [0.05, 0.1) is 28.7 Å². The zero-order chi connectivity index (χ0) is 18.7. The van der Waals surface area contributed by atoms with E-state index in [9.17, 15) is 22.8 Å². The molecule has 0 spiro atoms. The van der Waals surface area contributed by atoms with Crippen molar-refractivity contribution in [2.24, 2.45) is 0 Å². The number of para-hydroxylation sites is 1. The second-order valence-corrected chi connectivity index (χ2v) is 8.25. The van der Waals surface area contributed by atoms with Crippen LogP contribution < -0.4 is 10.9 Å². The molecule has 1 aromatic heterocycles. The number of esters is 1. The first-order valence-corrected chi connectivity index (χ1v) is 9.76. The average molecular weight is 379 g/mol. The van der Waals surface area contributed by atoms with Crippen LogP contribution in [0.2, 0.25) is 0 Å². The van der Waals surface area contributed by atoms with Crippen molar-refractivity contribution in [2.45, 2.75) is 19.0 Å². The van der Waals surface area contributed by atoms with Gasteiger partial charge >= 0.3 is 5.97 Å². The van der Waals surface area contributed by atoms with E-state index in [1.807, 2.05) is 0 Å². The largest absolute Gasteiger partial charge is 0.454 e. The van der Waals surface area contributed by atoms with Crippen molar-refractivity contribution in [1.82, 2.24) is 14.9 Å². The molecule has 2 heterocycles. The van der Waals surface area contributed by atoms with Gasteiger partial charge in [-0.05, 0) is 18.6 Å². The van der Waals surface area contributed by atoms with Gasteiger partial charge in [0.2, 0.25) is 0 Å². The van der Waals surface area contributed by atoms with Crippen molar-refractivity contribution >= 4 is 32.6 Å². The highest BCUT2D eigenvalue weighted by molar-refractivity contribution is 7.91. The Kier molecular flexibility index (Phi) is 5.03. The zero-order valence-corrected chi connectivity index (χ0v) is 14.6. The highest BCUT2D eigenvalue weighted by Crippen LogP contribution is 2.11. The molecule has 0 unspecified atom stereocenters. The van der Waals surface area contributed by atoms with Crippen molar-refractivity contribution < 1.29 is 22.7 Å². The Labute approximate surface area is 148 Å². The lowest BCUT2D eigenvalue weighted by molar-refractivity contribution is -0.149. The summed E-state index contributed by atoms with van der Waals surface area (Å²) in [7, 11) is -3.10. The van der Waals surface area contributed by atoms with E-state index in [1.54, 1.807) is 24.3 Å². The molecule has 1 atom stereocenters. The van der Waals surface area contributed by atoms with Crippen molar-refractivity contribution in [2.75, 3.05) is 18.1 Å². The number of hydrogen-bond donors (Lipinski definition) is 1. The first-order chi connectivity index (χ1) is 12.3. The van der Waals surface area contributed by atoms with E-state index >= 15 is 0 Å².